The van der Waals surface area contributed by atoms with Crippen LogP contribution in [0, 0.1) is 11.3 Å². The van der Waals surface area contributed by atoms with Crippen LogP contribution < -0.4 is 5.32 Å². The Bertz CT molecular complexity index is 278. The predicted octanol–water partition coefficient (Wildman–Crippen LogP) is 3.66. The van der Waals surface area contributed by atoms with Gasteiger partial charge in [0.1, 0.15) is 0 Å². The Labute approximate surface area is 112 Å². The molecule has 0 bridgehead atoms. The van der Waals surface area contributed by atoms with Gasteiger partial charge in [0.25, 0.3) is 0 Å². The van der Waals surface area contributed by atoms with Crippen molar-refractivity contribution >= 4 is 18.5 Å². The van der Waals surface area contributed by atoms with E-state index < -0.39 is 5.41 Å². The standard InChI is InChI=1S/C14H29NOS/c1-9-14(8,10(2)3)15-11(16)12(4,5)13(6,7)17/h10,17H,9H2,1-8H3,(H,15,16). The van der Waals surface area contributed by atoms with Gasteiger partial charge in [-0.1, -0.05) is 20.8 Å². The zero-order valence-electron chi connectivity index (χ0n) is 12.6. The molecular formula is C14H29NOS. The number of carbonyl (C=O) groups excluding carboxylic acids is 1. The van der Waals surface area contributed by atoms with Crippen LogP contribution >= 0.6 is 12.6 Å². The molecule has 0 aliphatic carbocycles. The van der Waals surface area contributed by atoms with Crippen LogP contribution in [0.5, 0.6) is 0 Å². The maximum absolute atomic E-state index is 12.4. The molecule has 0 aromatic carbocycles. The van der Waals surface area contributed by atoms with Gasteiger partial charge in [0.05, 0.1) is 5.41 Å². The van der Waals surface area contributed by atoms with Gasteiger partial charge in [-0.25, -0.2) is 0 Å². The quantitative estimate of drug-likeness (QED) is 0.725. The van der Waals surface area contributed by atoms with E-state index in [-0.39, 0.29) is 16.2 Å². The Morgan fingerprint density at radius 3 is 1.82 bits per heavy atom. The van der Waals surface area contributed by atoms with Crippen LogP contribution in [0.3, 0.4) is 0 Å². The van der Waals surface area contributed by atoms with Crippen LogP contribution in [-0.2, 0) is 4.79 Å². The van der Waals surface area contributed by atoms with E-state index in [9.17, 15) is 4.79 Å². The zero-order chi connectivity index (χ0) is 14.1. The van der Waals surface area contributed by atoms with Crippen molar-refractivity contribution in [3.05, 3.63) is 0 Å². The van der Waals surface area contributed by atoms with Crippen LogP contribution in [0.4, 0.5) is 0 Å². The molecule has 1 amide bonds. The van der Waals surface area contributed by atoms with E-state index in [2.05, 4.69) is 45.6 Å². The van der Waals surface area contributed by atoms with Gasteiger partial charge in [0.15, 0.2) is 0 Å². The van der Waals surface area contributed by atoms with E-state index in [1.54, 1.807) is 0 Å². The average Bonchev–Trinajstić information content (AvgIpc) is 2.15. The molecule has 0 saturated carbocycles. The molecule has 3 heteroatoms. The van der Waals surface area contributed by atoms with Gasteiger partial charge >= 0.3 is 0 Å². The maximum Gasteiger partial charge on any atom is 0.227 e. The third-order valence-corrected chi connectivity index (χ3v) is 5.06. The molecule has 1 N–H and O–H groups in total. The van der Waals surface area contributed by atoms with Crippen molar-refractivity contribution in [1.29, 1.82) is 0 Å². The Morgan fingerprint density at radius 2 is 1.59 bits per heavy atom. The van der Waals surface area contributed by atoms with Crippen molar-refractivity contribution in [3.63, 3.8) is 0 Å². The van der Waals surface area contributed by atoms with Crippen molar-refractivity contribution in [2.75, 3.05) is 0 Å². The summed E-state index contributed by atoms with van der Waals surface area (Å²) < 4.78 is -0.345. The molecule has 0 saturated heterocycles. The molecule has 1 unspecified atom stereocenters. The molecule has 0 spiro atoms. The first-order valence-electron chi connectivity index (χ1n) is 6.43. The second-order valence-electron chi connectivity index (χ2n) is 6.56. The molecule has 0 fully saturated rings. The third kappa shape index (κ3) is 3.64. The van der Waals surface area contributed by atoms with E-state index in [1.165, 1.54) is 0 Å². The lowest BCUT2D eigenvalue weighted by atomic mass is 9.77. The third-order valence-electron chi connectivity index (χ3n) is 4.50. The maximum atomic E-state index is 12.4. The molecule has 0 aliphatic heterocycles. The minimum absolute atomic E-state index is 0.0792. The fourth-order valence-electron chi connectivity index (χ4n) is 1.33. The monoisotopic (exact) mass is 259 g/mol. The van der Waals surface area contributed by atoms with Crippen LogP contribution in [0.25, 0.3) is 0 Å². The van der Waals surface area contributed by atoms with Gasteiger partial charge in [-0.05, 0) is 47.0 Å². The van der Waals surface area contributed by atoms with Crippen molar-refractivity contribution in [1.82, 2.24) is 5.32 Å². The lowest BCUT2D eigenvalue weighted by molar-refractivity contribution is -0.133. The van der Waals surface area contributed by atoms with Crippen molar-refractivity contribution in [2.24, 2.45) is 11.3 Å². The second-order valence-corrected chi connectivity index (χ2v) is 7.68. The number of hydrogen-bond donors (Lipinski definition) is 2. The lowest BCUT2D eigenvalue weighted by Crippen LogP contribution is -2.56. The average molecular weight is 259 g/mol. The Balaban J connectivity index is 4.99. The number of thiol groups is 1. The topological polar surface area (TPSA) is 29.1 Å². The van der Waals surface area contributed by atoms with E-state index in [0.717, 1.165) is 6.42 Å². The van der Waals surface area contributed by atoms with E-state index in [4.69, 9.17) is 0 Å². The van der Waals surface area contributed by atoms with E-state index in [1.807, 2.05) is 27.7 Å². The number of carbonyl (C=O) groups is 1. The molecular weight excluding hydrogens is 230 g/mol. The Hall–Kier alpha value is -0.180. The first-order chi connectivity index (χ1) is 7.38. The highest BCUT2D eigenvalue weighted by molar-refractivity contribution is 7.81. The molecule has 0 aliphatic rings. The van der Waals surface area contributed by atoms with E-state index >= 15 is 0 Å². The van der Waals surface area contributed by atoms with Crippen LogP contribution in [0.2, 0.25) is 0 Å². The summed E-state index contributed by atoms with van der Waals surface area (Å²) in [5.74, 6) is 0.492. The van der Waals surface area contributed by atoms with E-state index in [0.29, 0.717) is 5.92 Å². The van der Waals surface area contributed by atoms with Crippen molar-refractivity contribution in [2.45, 2.75) is 72.1 Å². The van der Waals surface area contributed by atoms with Gasteiger partial charge in [0, 0.05) is 10.3 Å². The highest BCUT2D eigenvalue weighted by Gasteiger charge is 2.43. The normalized spacial score (nSPS) is 16.8. The highest BCUT2D eigenvalue weighted by Crippen LogP contribution is 2.37. The van der Waals surface area contributed by atoms with Crippen LogP contribution in [0.15, 0.2) is 0 Å². The molecule has 0 radical (unpaired) electrons. The predicted molar refractivity (Wildman–Crippen MR) is 78.5 cm³/mol. The number of nitrogens with one attached hydrogen (secondary N) is 1. The molecule has 0 aromatic heterocycles. The van der Waals surface area contributed by atoms with Gasteiger partial charge in [-0.2, -0.15) is 12.6 Å². The van der Waals surface area contributed by atoms with Crippen LogP contribution in [-0.4, -0.2) is 16.2 Å². The number of amides is 1. The summed E-state index contributed by atoms with van der Waals surface area (Å²) >= 11 is 4.54. The smallest absolute Gasteiger partial charge is 0.227 e. The Morgan fingerprint density at radius 1 is 1.18 bits per heavy atom. The summed E-state index contributed by atoms with van der Waals surface area (Å²) in [5, 5.41) is 3.20. The molecule has 102 valence electrons. The molecule has 0 heterocycles. The number of hydrogen-bond acceptors (Lipinski definition) is 2. The van der Waals surface area contributed by atoms with Gasteiger partial charge < -0.3 is 5.32 Å². The molecule has 0 aromatic rings. The fraction of sp³-hybridized carbons (Fsp3) is 0.929. The second kappa shape index (κ2) is 5.21. The van der Waals surface area contributed by atoms with Gasteiger partial charge in [0.2, 0.25) is 5.91 Å². The van der Waals surface area contributed by atoms with Gasteiger partial charge in [-0.3, -0.25) is 4.79 Å². The lowest BCUT2D eigenvalue weighted by Gasteiger charge is -2.41. The summed E-state index contributed by atoms with van der Waals surface area (Å²) in [6, 6.07) is 0. The molecule has 1 atom stereocenters. The van der Waals surface area contributed by atoms with Crippen molar-refractivity contribution < 1.29 is 4.79 Å². The molecule has 17 heavy (non-hydrogen) atoms. The first kappa shape index (κ1) is 16.8. The SMILES string of the molecule is CCC(C)(NC(=O)C(C)(C)C(C)(C)S)C(C)C. The summed E-state index contributed by atoms with van der Waals surface area (Å²) in [5.41, 5.74) is -0.644. The Kier molecular flexibility index (Phi) is 5.16. The summed E-state index contributed by atoms with van der Waals surface area (Å²) in [6.45, 7) is 16.4. The zero-order valence-corrected chi connectivity index (χ0v) is 13.5. The summed E-state index contributed by atoms with van der Waals surface area (Å²) in [4.78, 5) is 12.4. The van der Waals surface area contributed by atoms with Crippen molar-refractivity contribution in [3.8, 4) is 0 Å². The molecule has 2 nitrogen and oxygen atoms in total. The fourth-order valence-corrected chi connectivity index (χ4v) is 1.44. The van der Waals surface area contributed by atoms with Gasteiger partial charge in [-0.15, -0.1) is 0 Å². The summed E-state index contributed by atoms with van der Waals surface area (Å²) in [7, 11) is 0. The minimum Gasteiger partial charge on any atom is -0.350 e. The summed E-state index contributed by atoms with van der Waals surface area (Å²) in [6.07, 6.45) is 0.930. The molecule has 0 rings (SSSR count). The van der Waals surface area contributed by atoms with Crippen LogP contribution in [0.1, 0.15) is 61.8 Å². The minimum atomic E-state index is -0.499. The number of rotatable bonds is 5. The first-order valence-corrected chi connectivity index (χ1v) is 6.88. The largest absolute Gasteiger partial charge is 0.350 e. The highest BCUT2D eigenvalue weighted by atomic mass is 32.1.